The molecule has 0 unspecified atom stereocenters. The molecule has 4 aromatic rings. The average Bonchev–Trinajstić information content (AvgIpc) is 2.74. The molecule has 0 nitrogen and oxygen atoms in total. The second-order valence-corrected chi connectivity index (χ2v) is 7.25. The molecule has 0 N–H and O–H groups in total. The van der Waals surface area contributed by atoms with Gasteiger partial charge in [-0.2, -0.15) is 0 Å². The first-order chi connectivity index (χ1) is 13.3. The van der Waals surface area contributed by atoms with E-state index >= 15 is 0 Å². The molecule has 0 radical (unpaired) electrons. The molecule has 0 amide bonds. The molecule has 0 atom stereocenters. The minimum absolute atomic E-state index is 1.11. The van der Waals surface area contributed by atoms with Crippen molar-refractivity contribution in [2.45, 2.75) is 0 Å². The molecule has 0 saturated heterocycles. The molecule has 0 fully saturated rings. The maximum Gasteiger partial charge on any atom is 0.0253 e. The van der Waals surface area contributed by atoms with Crippen molar-refractivity contribution in [3.8, 4) is 11.1 Å². The van der Waals surface area contributed by atoms with Crippen molar-refractivity contribution < 1.29 is 0 Å². The molecular weight excluding hydrogens is 392 g/mol. The van der Waals surface area contributed by atoms with Gasteiger partial charge >= 0.3 is 0 Å². The first-order valence-corrected chi connectivity index (χ1v) is 9.78. The summed E-state index contributed by atoms with van der Waals surface area (Å²) in [6, 6.07) is 38.1. The van der Waals surface area contributed by atoms with Crippen molar-refractivity contribution in [2.75, 3.05) is 0 Å². The van der Waals surface area contributed by atoms with Gasteiger partial charge in [-0.1, -0.05) is 119 Å². The van der Waals surface area contributed by atoms with Gasteiger partial charge in [-0.25, -0.2) is 0 Å². The first kappa shape index (κ1) is 17.5. The Bertz CT molecular complexity index is 1050. The Morgan fingerprint density at radius 1 is 0.556 bits per heavy atom. The van der Waals surface area contributed by atoms with Gasteiger partial charge in [0.05, 0.1) is 0 Å². The molecule has 0 bridgehead atoms. The Kier molecular flexibility index (Phi) is 5.32. The van der Waals surface area contributed by atoms with Gasteiger partial charge in [-0.3, -0.25) is 0 Å². The summed E-state index contributed by atoms with van der Waals surface area (Å²) in [7, 11) is 0. The summed E-state index contributed by atoms with van der Waals surface area (Å²) in [5.41, 5.74) is 7.26. The Hall–Kier alpha value is -2.90. The predicted octanol–water partition coefficient (Wildman–Crippen LogP) is 7.71. The van der Waals surface area contributed by atoms with Gasteiger partial charge in [0.15, 0.2) is 0 Å². The average molecular weight is 411 g/mol. The summed E-state index contributed by atoms with van der Waals surface area (Å²) in [5, 5.41) is 0. The van der Waals surface area contributed by atoms with Crippen molar-refractivity contribution in [3.05, 3.63) is 130 Å². The van der Waals surface area contributed by atoms with Crippen molar-refractivity contribution in [3.63, 3.8) is 0 Å². The van der Waals surface area contributed by atoms with E-state index in [1.54, 1.807) is 0 Å². The number of hydrogen-bond donors (Lipinski definition) is 0. The highest BCUT2D eigenvalue weighted by Gasteiger charge is 2.07. The predicted molar refractivity (Wildman–Crippen MR) is 119 cm³/mol. The highest BCUT2D eigenvalue weighted by molar-refractivity contribution is 9.10. The van der Waals surface area contributed by atoms with Gasteiger partial charge in [0.1, 0.15) is 0 Å². The molecule has 0 saturated carbocycles. The standard InChI is InChI=1S/C26H19Br/c27-26-14-8-7-13-24(26)22-15-17-23(18-16-22)25(21-11-5-2-6-12-21)19-20-9-3-1-4-10-20/h1-19H/b25-19-. The van der Waals surface area contributed by atoms with E-state index < -0.39 is 0 Å². The summed E-state index contributed by atoms with van der Waals surface area (Å²) in [6.45, 7) is 0. The molecule has 0 aliphatic heterocycles. The van der Waals surface area contributed by atoms with Crippen LogP contribution >= 0.6 is 15.9 Å². The van der Waals surface area contributed by atoms with Crippen LogP contribution in [0, 0.1) is 0 Å². The molecule has 0 aliphatic rings. The third-order valence-corrected chi connectivity index (χ3v) is 5.27. The van der Waals surface area contributed by atoms with Crippen LogP contribution in [-0.4, -0.2) is 0 Å². The van der Waals surface area contributed by atoms with E-state index in [2.05, 4.69) is 119 Å². The third-order valence-electron chi connectivity index (χ3n) is 4.58. The Labute approximate surface area is 169 Å². The summed E-state index contributed by atoms with van der Waals surface area (Å²) in [4.78, 5) is 0. The Morgan fingerprint density at radius 2 is 1.11 bits per heavy atom. The number of halogens is 1. The highest BCUT2D eigenvalue weighted by Crippen LogP contribution is 2.31. The fourth-order valence-corrected chi connectivity index (χ4v) is 3.71. The lowest BCUT2D eigenvalue weighted by molar-refractivity contribution is 1.53. The maximum absolute atomic E-state index is 3.65. The van der Waals surface area contributed by atoms with Gasteiger partial charge < -0.3 is 0 Å². The Balaban J connectivity index is 1.77. The van der Waals surface area contributed by atoms with Crippen LogP contribution in [-0.2, 0) is 0 Å². The first-order valence-electron chi connectivity index (χ1n) is 8.99. The van der Waals surface area contributed by atoms with Crippen LogP contribution in [0.3, 0.4) is 0 Å². The molecular formula is C26H19Br. The van der Waals surface area contributed by atoms with Crippen LogP contribution < -0.4 is 0 Å². The topological polar surface area (TPSA) is 0 Å². The summed E-state index contributed by atoms with van der Waals surface area (Å²) in [5.74, 6) is 0. The van der Waals surface area contributed by atoms with Gasteiger partial charge in [-0.05, 0) is 45.5 Å². The van der Waals surface area contributed by atoms with Crippen LogP contribution in [0.5, 0.6) is 0 Å². The lowest BCUT2D eigenvalue weighted by atomic mass is 9.94. The largest absolute Gasteiger partial charge is 0.0622 e. The molecule has 4 aromatic carbocycles. The number of benzene rings is 4. The summed E-state index contributed by atoms with van der Waals surface area (Å²) < 4.78 is 1.11. The second kappa shape index (κ2) is 8.20. The molecule has 0 spiro atoms. The monoisotopic (exact) mass is 410 g/mol. The van der Waals surface area contributed by atoms with Crippen molar-refractivity contribution >= 4 is 27.6 Å². The van der Waals surface area contributed by atoms with E-state index in [0.717, 1.165) is 4.47 Å². The van der Waals surface area contributed by atoms with Crippen LogP contribution in [0.2, 0.25) is 0 Å². The second-order valence-electron chi connectivity index (χ2n) is 6.39. The lowest BCUT2D eigenvalue weighted by Crippen LogP contribution is -1.89. The van der Waals surface area contributed by atoms with Crippen molar-refractivity contribution in [1.82, 2.24) is 0 Å². The summed E-state index contributed by atoms with van der Waals surface area (Å²) in [6.07, 6.45) is 2.25. The molecule has 4 rings (SSSR count). The van der Waals surface area contributed by atoms with E-state index in [0.29, 0.717) is 0 Å². The number of rotatable bonds is 4. The van der Waals surface area contributed by atoms with Crippen molar-refractivity contribution in [2.24, 2.45) is 0 Å². The zero-order valence-corrected chi connectivity index (χ0v) is 16.4. The van der Waals surface area contributed by atoms with E-state index in [1.807, 2.05) is 12.1 Å². The normalized spacial score (nSPS) is 11.4. The van der Waals surface area contributed by atoms with E-state index in [9.17, 15) is 0 Å². The number of hydrogen-bond acceptors (Lipinski definition) is 0. The zero-order valence-electron chi connectivity index (χ0n) is 14.8. The molecule has 0 heterocycles. The quantitative estimate of drug-likeness (QED) is 0.302. The SMILES string of the molecule is Brc1ccccc1-c1ccc(/C(=C\c2ccccc2)c2ccccc2)cc1. The van der Waals surface area contributed by atoms with Crippen molar-refractivity contribution in [1.29, 1.82) is 0 Å². The fraction of sp³-hybridized carbons (Fsp3) is 0. The smallest absolute Gasteiger partial charge is 0.0253 e. The van der Waals surface area contributed by atoms with E-state index in [1.165, 1.54) is 33.4 Å². The maximum atomic E-state index is 3.65. The molecule has 130 valence electrons. The molecule has 0 aliphatic carbocycles. The van der Waals surface area contributed by atoms with E-state index in [4.69, 9.17) is 0 Å². The molecule has 1 heteroatoms. The summed E-state index contributed by atoms with van der Waals surface area (Å²) >= 11 is 3.65. The lowest BCUT2D eigenvalue weighted by Gasteiger charge is -2.11. The molecule has 0 aromatic heterocycles. The Morgan fingerprint density at radius 3 is 1.78 bits per heavy atom. The minimum atomic E-state index is 1.11. The minimum Gasteiger partial charge on any atom is -0.0622 e. The van der Waals surface area contributed by atoms with Crippen LogP contribution in [0.4, 0.5) is 0 Å². The van der Waals surface area contributed by atoms with Gasteiger partial charge in [-0.15, -0.1) is 0 Å². The van der Waals surface area contributed by atoms with Gasteiger partial charge in [0.25, 0.3) is 0 Å². The van der Waals surface area contributed by atoms with Crippen LogP contribution in [0.1, 0.15) is 16.7 Å². The molecule has 27 heavy (non-hydrogen) atoms. The van der Waals surface area contributed by atoms with Gasteiger partial charge in [0, 0.05) is 4.47 Å². The van der Waals surface area contributed by atoms with Gasteiger partial charge in [0.2, 0.25) is 0 Å². The highest BCUT2D eigenvalue weighted by atomic mass is 79.9. The van der Waals surface area contributed by atoms with Crippen LogP contribution in [0.15, 0.2) is 114 Å². The fourth-order valence-electron chi connectivity index (χ4n) is 3.19. The van der Waals surface area contributed by atoms with Crippen LogP contribution in [0.25, 0.3) is 22.8 Å². The van der Waals surface area contributed by atoms with E-state index in [-0.39, 0.29) is 0 Å². The third kappa shape index (κ3) is 4.10. The zero-order chi connectivity index (χ0) is 18.5.